The Morgan fingerprint density at radius 2 is 1.41 bits per heavy atom. The number of ether oxygens (including phenoxy) is 3. The minimum Gasteiger partial charge on any atom is -0.493 e. The molecule has 1 fully saturated rings. The molecule has 0 spiro atoms. The molecule has 0 aliphatic carbocycles. The van der Waals surface area contributed by atoms with Crippen LogP contribution in [-0.2, 0) is 10.2 Å². The molecule has 5 rings (SSSR count). The van der Waals surface area contributed by atoms with Crippen molar-refractivity contribution < 1.29 is 19.0 Å². The number of ketones is 1. The van der Waals surface area contributed by atoms with Crippen LogP contribution in [0.2, 0.25) is 0 Å². The highest BCUT2D eigenvalue weighted by atomic mass is 16.5. The van der Waals surface area contributed by atoms with Gasteiger partial charge in [-0.1, -0.05) is 111 Å². The third-order valence-electron chi connectivity index (χ3n) is 7.76. The number of hydrogen-bond acceptors (Lipinski definition) is 4. The highest BCUT2D eigenvalue weighted by molar-refractivity contribution is 6.03. The predicted molar refractivity (Wildman–Crippen MR) is 162 cm³/mol. The zero-order chi connectivity index (χ0) is 29.0. The van der Waals surface area contributed by atoms with Gasteiger partial charge in [0.25, 0.3) is 0 Å². The monoisotopic (exact) mass is 544 g/mol. The van der Waals surface area contributed by atoms with Crippen molar-refractivity contribution in [3.63, 3.8) is 0 Å². The van der Waals surface area contributed by atoms with Gasteiger partial charge in [0.05, 0.1) is 20.3 Å². The van der Waals surface area contributed by atoms with E-state index in [1.165, 1.54) is 5.56 Å². The van der Waals surface area contributed by atoms with E-state index in [1.54, 1.807) is 14.2 Å². The highest BCUT2D eigenvalue weighted by Crippen LogP contribution is 2.55. The summed E-state index contributed by atoms with van der Waals surface area (Å²) in [5, 5.41) is 0. The van der Waals surface area contributed by atoms with Crippen molar-refractivity contribution in [2.45, 2.75) is 44.8 Å². The van der Waals surface area contributed by atoms with Crippen molar-refractivity contribution >= 4 is 5.78 Å². The summed E-state index contributed by atoms with van der Waals surface area (Å²) in [6, 6.07) is 33.4. The fraction of sp³-hybridized carbons (Fsp3) is 0.270. The summed E-state index contributed by atoms with van der Waals surface area (Å²) < 4.78 is 18.0. The van der Waals surface area contributed by atoms with Crippen LogP contribution in [0, 0.1) is 17.3 Å². The molecule has 4 aromatic rings. The molecule has 4 nitrogen and oxygen atoms in total. The van der Waals surface area contributed by atoms with E-state index < -0.39 is 11.5 Å². The van der Waals surface area contributed by atoms with Gasteiger partial charge in [0.2, 0.25) is 0 Å². The van der Waals surface area contributed by atoms with E-state index in [9.17, 15) is 4.79 Å². The van der Waals surface area contributed by atoms with Gasteiger partial charge in [-0.3, -0.25) is 4.79 Å². The molecule has 4 aromatic carbocycles. The first-order valence-electron chi connectivity index (χ1n) is 13.9. The quantitative estimate of drug-likeness (QED) is 0.182. The van der Waals surface area contributed by atoms with Gasteiger partial charge in [-0.2, -0.15) is 0 Å². The Kier molecular flexibility index (Phi) is 8.01. The smallest absolute Gasteiger partial charge is 0.184 e. The number of benzene rings is 4. The Bertz CT molecular complexity index is 1560. The molecule has 41 heavy (non-hydrogen) atoms. The molecule has 208 valence electrons. The number of methoxy groups -OCH3 is 2. The molecule has 1 aliphatic rings. The second-order valence-electron chi connectivity index (χ2n) is 11.5. The van der Waals surface area contributed by atoms with Crippen molar-refractivity contribution in [2.75, 3.05) is 14.2 Å². The summed E-state index contributed by atoms with van der Waals surface area (Å²) >= 11 is 0. The lowest BCUT2D eigenvalue weighted by Crippen LogP contribution is -2.33. The van der Waals surface area contributed by atoms with Gasteiger partial charge in [0.1, 0.15) is 11.5 Å². The van der Waals surface area contributed by atoms with E-state index in [0.29, 0.717) is 23.5 Å². The minimum absolute atomic E-state index is 0.0332. The number of rotatable bonds is 6. The molecule has 1 heterocycles. The van der Waals surface area contributed by atoms with Crippen molar-refractivity contribution in [2.24, 2.45) is 5.41 Å². The second kappa shape index (κ2) is 11.6. The molecule has 0 bridgehead atoms. The third-order valence-corrected chi connectivity index (χ3v) is 7.76. The Morgan fingerprint density at radius 3 is 2.02 bits per heavy atom. The molecule has 1 aliphatic heterocycles. The van der Waals surface area contributed by atoms with Crippen LogP contribution in [0.5, 0.6) is 11.5 Å². The zero-order valence-corrected chi connectivity index (χ0v) is 24.3. The van der Waals surface area contributed by atoms with Gasteiger partial charge in [-0.25, -0.2) is 0 Å². The molecule has 0 N–H and O–H groups in total. The van der Waals surface area contributed by atoms with E-state index in [1.807, 2.05) is 78.9 Å². The lowest BCUT2D eigenvalue weighted by Gasteiger charge is -2.28. The van der Waals surface area contributed by atoms with Gasteiger partial charge >= 0.3 is 0 Å². The molecular weight excluding hydrogens is 508 g/mol. The first kappa shape index (κ1) is 28.2. The topological polar surface area (TPSA) is 44.8 Å². The molecule has 3 atom stereocenters. The van der Waals surface area contributed by atoms with Crippen molar-refractivity contribution in [3.05, 3.63) is 131 Å². The lowest BCUT2D eigenvalue weighted by atomic mass is 9.71. The van der Waals surface area contributed by atoms with Crippen LogP contribution in [-0.4, -0.2) is 20.0 Å². The number of Topliss-reactive ketones (excluding diaryl/α,β-unsaturated/α-hetero) is 1. The van der Waals surface area contributed by atoms with E-state index in [0.717, 1.165) is 16.7 Å². The standard InChI is InChI=1S/C37H36O4/c1-36(2,3)30-19-16-27(17-20-30)33-25-37(23-22-26-12-8-6-9-13-26,34(38)28-14-10-7-11-15-28)35(41-33)29-18-21-31(39-4)32(24-29)40-5/h6-21,24,33,35H,25H2,1-5H3/t33-,35+,37+/m1/s1. The summed E-state index contributed by atoms with van der Waals surface area (Å²) in [5.41, 5.74) is 3.40. The Balaban J connectivity index is 1.68. The van der Waals surface area contributed by atoms with Crippen LogP contribution in [0.25, 0.3) is 0 Å². The molecule has 4 heteroatoms. The fourth-order valence-electron chi connectivity index (χ4n) is 5.44. The maximum Gasteiger partial charge on any atom is 0.184 e. The van der Waals surface area contributed by atoms with Crippen LogP contribution < -0.4 is 9.47 Å². The summed E-state index contributed by atoms with van der Waals surface area (Å²) in [6.07, 6.45) is -0.563. The maximum atomic E-state index is 14.6. The van der Waals surface area contributed by atoms with Gasteiger partial charge < -0.3 is 14.2 Å². The molecule has 0 amide bonds. The third kappa shape index (κ3) is 5.78. The summed E-state index contributed by atoms with van der Waals surface area (Å²) in [4.78, 5) is 14.6. The second-order valence-corrected chi connectivity index (χ2v) is 11.5. The average Bonchev–Trinajstić information content (AvgIpc) is 3.40. The van der Waals surface area contributed by atoms with E-state index in [2.05, 4.69) is 56.9 Å². The summed E-state index contributed by atoms with van der Waals surface area (Å²) in [7, 11) is 3.21. The first-order chi connectivity index (χ1) is 19.7. The first-order valence-corrected chi connectivity index (χ1v) is 13.9. The Hall–Kier alpha value is -4.33. The highest BCUT2D eigenvalue weighted by Gasteiger charge is 2.54. The maximum absolute atomic E-state index is 14.6. The fourth-order valence-corrected chi connectivity index (χ4v) is 5.44. The molecule has 0 radical (unpaired) electrons. The number of hydrogen-bond donors (Lipinski definition) is 0. The molecule has 0 saturated carbocycles. The molecule has 0 unspecified atom stereocenters. The van der Waals surface area contributed by atoms with E-state index in [-0.39, 0.29) is 17.3 Å². The lowest BCUT2D eigenvalue weighted by molar-refractivity contribution is 0.0222. The Morgan fingerprint density at radius 1 is 0.805 bits per heavy atom. The van der Waals surface area contributed by atoms with Gasteiger partial charge in [0.15, 0.2) is 17.3 Å². The zero-order valence-electron chi connectivity index (χ0n) is 24.3. The van der Waals surface area contributed by atoms with Crippen molar-refractivity contribution in [1.82, 2.24) is 0 Å². The number of carbonyl (C=O) groups excluding carboxylic acids is 1. The van der Waals surface area contributed by atoms with Gasteiger partial charge in [0, 0.05) is 17.5 Å². The summed E-state index contributed by atoms with van der Waals surface area (Å²) in [5.74, 6) is 7.91. The predicted octanol–water partition coefficient (Wildman–Crippen LogP) is 8.13. The van der Waals surface area contributed by atoms with Crippen LogP contribution >= 0.6 is 0 Å². The van der Waals surface area contributed by atoms with Crippen LogP contribution in [0.3, 0.4) is 0 Å². The van der Waals surface area contributed by atoms with Gasteiger partial charge in [-0.15, -0.1) is 0 Å². The van der Waals surface area contributed by atoms with E-state index >= 15 is 0 Å². The number of carbonyl (C=O) groups is 1. The SMILES string of the molecule is COc1ccc([C@@H]2O[C@@H](c3ccc(C(C)(C)C)cc3)C[C@@]2(C#Cc2ccccc2)C(=O)c2ccccc2)cc1OC. The van der Waals surface area contributed by atoms with Crippen LogP contribution in [0.4, 0.5) is 0 Å². The van der Waals surface area contributed by atoms with Gasteiger partial charge in [-0.05, 0) is 46.4 Å². The van der Waals surface area contributed by atoms with Crippen molar-refractivity contribution in [3.8, 4) is 23.3 Å². The summed E-state index contributed by atoms with van der Waals surface area (Å²) in [6.45, 7) is 6.59. The van der Waals surface area contributed by atoms with E-state index in [4.69, 9.17) is 14.2 Å². The Labute approximate surface area is 243 Å². The molecular formula is C37H36O4. The molecule has 0 aromatic heterocycles. The molecule has 1 saturated heterocycles. The van der Waals surface area contributed by atoms with Crippen molar-refractivity contribution in [1.29, 1.82) is 0 Å². The van der Waals surface area contributed by atoms with Crippen LogP contribution in [0.1, 0.15) is 72.0 Å². The minimum atomic E-state index is -1.15. The average molecular weight is 545 g/mol. The van der Waals surface area contributed by atoms with Crippen LogP contribution in [0.15, 0.2) is 103 Å². The largest absolute Gasteiger partial charge is 0.493 e. The normalized spacial score (nSPS) is 20.1.